The zero-order chi connectivity index (χ0) is 14.3. The smallest absolute Gasteiger partial charge is 0.270 e. The van der Waals surface area contributed by atoms with E-state index in [-0.39, 0.29) is 17.5 Å². The molecule has 0 atom stereocenters. The summed E-state index contributed by atoms with van der Waals surface area (Å²) in [5, 5.41) is 0. The second kappa shape index (κ2) is 7.74. The highest BCUT2D eigenvalue weighted by Crippen LogP contribution is 2.11. The molecule has 0 bridgehead atoms. The fraction of sp³-hybridized carbons (Fsp3) is 0.571. The zero-order valence-electron chi connectivity index (χ0n) is 11.8. The summed E-state index contributed by atoms with van der Waals surface area (Å²) < 4.78 is 5.06. The molecule has 106 valence electrons. The lowest BCUT2D eigenvalue weighted by atomic mass is 10.1. The van der Waals surface area contributed by atoms with Crippen LogP contribution in [0.4, 0.5) is 0 Å². The summed E-state index contributed by atoms with van der Waals surface area (Å²) in [6.07, 6.45) is 1.76. The molecule has 0 radical (unpaired) electrons. The van der Waals surface area contributed by atoms with Crippen LogP contribution in [0, 0.1) is 0 Å². The Morgan fingerprint density at radius 3 is 2.58 bits per heavy atom. The van der Waals surface area contributed by atoms with Crippen molar-refractivity contribution in [2.45, 2.75) is 32.7 Å². The number of carbonyl (C=O) groups is 1. The Labute approximate surface area is 113 Å². The topological polar surface area (TPSA) is 62.4 Å². The first-order valence-electron chi connectivity index (χ1n) is 6.63. The van der Waals surface area contributed by atoms with Gasteiger partial charge >= 0.3 is 0 Å². The van der Waals surface area contributed by atoms with E-state index in [0.29, 0.717) is 18.8 Å². The van der Waals surface area contributed by atoms with E-state index in [0.717, 1.165) is 12.8 Å². The Hall–Kier alpha value is -1.62. The van der Waals surface area contributed by atoms with Crippen LogP contribution in [0.25, 0.3) is 0 Å². The lowest BCUT2D eigenvalue weighted by Gasteiger charge is -2.30. The van der Waals surface area contributed by atoms with Gasteiger partial charge in [0.25, 0.3) is 5.91 Å². The van der Waals surface area contributed by atoms with E-state index in [1.54, 1.807) is 24.1 Å². The molecule has 1 amide bonds. The largest absolute Gasteiger partial charge is 0.383 e. The van der Waals surface area contributed by atoms with Gasteiger partial charge in [0.1, 0.15) is 5.69 Å². The number of amides is 1. The molecule has 0 spiro atoms. The number of hydrogen-bond acceptors (Lipinski definition) is 3. The maximum Gasteiger partial charge on any atom is 0.270 e. The Balaban J connectivity index is 2.96. The predicted octanol–water partition coefficient (Wildman–Crippen LogP) is 1.65. The SMILES string of the molecule is CCC(CC)N(CCOC)C(=O)c1cccc(=O)[nH]1. The number of H-pyrrole nitrogens is 1. The van der Waals surface area contributed by atoms with Gasteiger partial charge in [0.05, 0.1) is 6.61 Å². The first-order valence-corrected chi connectivity index (χ1v) is 6.63. The molecule has 0 saturated heterocycles. The van der Waals surface area contributed by atoms with E-state index in [1.807, 2.05) is 0 Å². The van der Waals surface area contributed by atoms with Crippen molar-refractivity contribution in [2.75, 3.05) is 20.3 Å². The normalized spacial score (nSPS) is 10.7. The molecule has 0 unspecified atom stereocenters. The number of aromatic nitrogens is 1. The van der Waals surface area contributed by atoms with Crippen molar-refractivity contribution in [3.8, 4) is 0 Å². The molecular weight excluding hydrogens is 244 g/mol. The third-order valence-electron chi connectivity index (χ3n) is 3.18. The minimum absolute atomic E-state index is 0.150. The van der Waals surface area contributed by atoms with E-state index in [1.165, 1.54) is 6.07 Å². The molecule has 1 aromatic rings. The van der Waals surface area contributed by atoms with Crippen LogP contribution >= 0.6 is 0 Å². The quantitative estimate of drug-likeness (QED) is 0.816. The van der Waals surface area contributed by atoms with E-state index < -0.39 is 0 Å². The number of carbonyl (C=O) groups excluding carboxylic acids is 1. The van der Waals surface area contributed by atoms with Gasteiger partial charge in [-0.3, -0.25) is 9.59 Å². The molecule has 0 aromatic carbocycles. The van der Waals surface area contributed by atoms with E-state index in [2.05, 4.69) is 18.8 Å². The van der Waals surface area contributed by atoms with Crippen molar-refractivity contribution < 1.29 is 9.53 Å². The van der Waals surface area contributed by atoms with Crippen molar-refractivity contribution >= 4 is 5.91 Å². The summed E-state index contributed by atoms with van der Waals surface area (Å²) in [6, 6.07) is 4.78. The standard InChI is InChI=1S/C14H22N2O3/c1-4-11(5-2)16(9-10-19-3)14(18)12-7-6-8-13(17)15-12/h6-8,11H,4-5,9-10H2,1-3H3,(H,15,17). The summed E-state index contributed by atoms with van der Waals surface area (Å²) >= 11 is 0. The monoisotopic (exact) mass is 266 g/mol. The summed E-state index contributed by atoms with van der Waals surface area (Å²) in [5.41, 5.74) is 0.0672. The fourth-order valence-electron chi connectivity index (χ4n) is 2.10. The highest BCUT2D eigenvalue weighted by Gasteiger charge is 2.22. The van der Waals surface area contributed by atoms with Crippen molar-refractivity contribution in [1.82, 2.24) is 9.88 Å². The number of methoxy groups -OCH3 is 1. The van der Waals surface area contributed by atoms with Crippen LogP contribution in [0.1, 0.15) is 37.2 Å². The highest BCUT2D eigenvalue weighted by atomic mass is 16.5. The van der Waals surface area contributed by atoms with Gasteiger partial charge in [-0.2, -0.15) is 0 Å². The van der Waals surface area contributed by atoms with Gasteiger partial charge in [-0.05, 0) is 18.9 Å². The van der Waals surface area contributed by atoms with Crippen LogP contribution < -0.4 is 5.56 Å². The van der Waals surface area contributed by atoms with Crippen molar-refractivity contribution in [3.05, 3.63) is 34.2 Å². The molecule has 0 aliphatic rings. The maximum absolute atomic E-state index is 12.5. The molecule has 0 fully saturated rings. The van der Waals surface area contributed by atoms with E-state index in [9.17, 15) is 9.59 Å². The highest BCUT2D eigenvalue weighted by molar-refractivity contribution is 5.92. The molecule has 1 heterocycles. The van der Waals surface area contributed by atoms with Crippen LogP contribution in [0.5, 0.6) is 0 Å². The summed E-state index contributed by atoms with van der Waals surface area (Å²) in [7, 11) is 1.61. The molecule has 19 heavy (non-hydrogen) atoms. The van der Waals surface area contributed by atoms with Gasteiger partial charge in [0, 0.05) is 25.8 Å². The number of aromatic amines is 1. The third kappa shape index (κ3) is 4.21. The molecule has 5 heteroatoms. The summed E-state index contributed by atoms with van der Waals surface area (Å²) in [6.45, 7) is 5.11. The number of nitrogens with zero attached hydrogens (tertiary/aromatic N) is 1. The molecule has 0 saturated carbocycles. The lowest BCUT2D eigenvalue weighted by Crippen LogP contribution is -2.42. The Kier molecular flexibility index (Phi) is 6.29. The average molecular weight is 266 g/mol. The van der Waals surface area contributed by atoms with Crippen molar-refractivity contribution in [2.24, 2.45) is 0 Å². The Morgan fingerprint density at radius 2 is 2.05 bits per heavy atom. The van der Waals surface area contributed by atoms with Crippen LogP contribution in [0.15, 0.2) is 23.0 Å². The maximum atomic E-state index is 12.5. The Bertz CT molecular complexity index is 452. The van der Waals surface area contributed by atoms with E-state index in [4.69, 9.17) is 4.74 Å². The third-order valence-corrected chi connectivity index (χ3v) is 3.18. The van der Waals surface area contributed by atoms with Crippen LogP contribution in [-0.4, -0.2) is 42.1 Å². The molecule has 1 N–H and O–H groups in total. The minimum atomic E-state index is -0.262. The number of hydrogen-bond donors (Lipinski definition) is 1. The van der Waals surface area contributed by atoms with Crippen LogP contribution in [0.3, 0.4) is 0 Å². The number of rotatable bonds is 7. The summed E-state index contributed by atoms with van der Waals surface area (Å²) in [5.74, 6) is -0.150. The van der Waals surface area contributed by atoms with Crippen molar-refractivity contribution in [3.63, 3.8) is 0 Å². The molecular formula is C14H22N2O3. The molecule has 1 aromatic heterocycles. The first kappa shape index (κ1) is 15.4. The second-order valence-electron chi connectivity index (χ2n) is 4.39. The molecule has 0 aliphatic heterocycles. The van der Waals surface area contributed by atoms with Crippen LogP contribution in [-0.2, 0) is 4.74 Å². The van der Waals surface area contributed by atoms with Gasteiger partial charge in [-0.1, -0.05) is 19.9 Å². The van der Waals surface area contributed by atoms with Gasteiger partial charge in [-0.25, -0.2) is 0 Å². The molecule has 0 aliphatic carbocycles. The van der Waals surface area contributed by atoms with Gasteiger partial charge < -0.3 is 14.6 Å². The summed E-state index contributed by atoms with van der Waals surface area (Å²) in [4.78, 5) is 28.1. The second-order valence-corrected chi connectivity index (χ2v) is 4.39. The fourth-order valence-corrected chi connectivity index (χ4v) is 2.10. The van der Waals surface area contributed by atoms with Crippen LogP contribution in [0.2, 0.25) is 0 Å². The van der Waals surface area contributed by atoms with Gasteiger partial charge in [-0.15, -0.1) is 0 Å². The number of pyridine rings is 1. The van der Waals surface area contributed by atoms with E-state index >= 15 is 0 Å². The van der Waals surface area contributed by atoms with Gasteiger partial charge in [0.15, 0.2) is 0 Å². The van der Waals surface area contributed by atoms with Crippen molar-refractivity contribution in [1.29, 1.82) is 0 Å². The van der Waals surface area contributed by atoms with Gasteiger partial charge in [0.2, 0.25) is 5.56 Å². The molecule has 1 rings (SSSR count). The number of ether oxygens (including phenoxy) is 1. The lowest BCUT2D eigenvalue weighted by molar-refractivity contribution is 0.0583. The minimum Gasteiger partial charge on any atom is -0.383 e. The zero-order valence-corrected chi connectivity index (χ0v) is 11.8. The predicted molar refractivity (Wildman–Crippen MR) is 74.3 cm³/mol. The number of nitrogens with one attached hydrogen (secondary N) is 1. The Morgan fingerprint density at radius 1 is 1.37 bits per heavy atom. The molecule has 5 nitrogen and oxygen atoms in total. The first-order chi connectivity index (χ1) is 9.13. The average Bonchev–Trinajstić information content (AvgIpc) is 2.43.